The highest BCUT2D eigenvalue weighted by Gasteiger charge is 2.21. The fraction of sp³-hybridized carbons (Fsp3) is 0.273. The highest BCUT2D eigenvalue weighted by atomic mass is 127. The van der Waals surface area contributed by atoms with Crippen molar-refractivity contribution in [3.8, 4) is 28.5 Å². The zero-order valence-electron chi connectivity index (χ0n) is 28.8. The Hall–Kier alpha value is -4.27. The molecule has 1 aliphatic heterocycles. The van der Waals surface area contributed by atoms with Crippen molar-refractivity contribution in [2.24, 2.45) is 0 Å². The molecule has 0 N–H and O–H groups in total. The maximum atomic E-state index is 6.38. The predicted octanol–water partition coefficient (Wildman–Crippen LogP) is 10.7. The molecule has 0 radical (unpaired) electrons. The van der Waals surface area contributed by atoms with Crippen LogP contribution in [0.5, 0.6) is 17.2 Å². The summed E-state index contributed by atoms with van der Waals surface area (Å²) in [6.07, 6.45) is 5.32. The summed E-state index contributed by atoms with van der Waals surface area (Å²) in [5.41, 5.74) is 8.32. The van der Waals surface area contributed by atoms with Gasteiger partial charge in [-0.25, -0.2) is 0 Å². The largest absolute Gasteiger partial charge is 0.492 e. The first kappa shape index (κ1) is 34.2. The Morgan fingerprint density at radius 1 is 0.600 bits per heavy atom. The molecule has 0 bridgehead atoms. The van der Waals surface area contributed by atoms with E-state index in [0.717, 1.165) is 57.2 Å². The van der Waals surface area contributed by atoms with Crippen molar-refractivity contribution in [1.82, 2.24) is 9.47 Å². The number of benzene rings is 5. The molecule has 6 aromatic rings. The van der Waals surface area contributed by atoms with Crippen molar-refractivity contribution in [1.29, 1.82) is 0 Å². The molecule has 256 valence electrons. The quantitative estimate of drug-likeness (QED) is 0.109. The van der Waals surface area contributed by atoms with Crippen molar-refractivity contribution < 1.29 is 14.2 Å². The van der Waals surface area contributed by atoms with Gasteiger partial charge in [0, 0.05) is 18.5 Å². The van der Waals surface area contributed by atoms with Crippen molar-refractivity contribution in [2.45, 2.75) is 52.4 Å². The normalized spacial score (nSPS) is 13.6. The number of hydrogen-bond donors (Lipinski definition) is 0. The number of rotatable bonds is 13. The molecular weight excluding hydrogens is 731 g/mol. The van der Waals surface area contributed by atoms with Crippen molar-refractivity contribution in [3.63, 3.8) is 0 Å². The van der Waals surface area contributed by atoms with Gasteiger partial charge >= 0.3 is 0 Å². The molecule has 50 heavy (non-hydrogen) atoms. The van der Waals surface area contributed by atoms with Gasteiger partial charge in [-0.05, 0) is 132 Å². The number of fused-ring (bicyclic) bond motifs is 1. The van der Waals surface area contributed by atoms with Gasteiger partial charge in [-0.3, -0.25) is 4.90 Å². The van der Waals surface area contributed by atoms with Gasteiger partial charge in [0.2, 0.25) is 0 Å². The maximum Gasteiger partial charge on any atom is 0.133 e. The molecular formula is C44H45IN2O3. The third-order valence-electron chi connectivity index (χ3n) is 9.63. The van der Waals surface area contributed by atoms with Crippen molar-refractivity contribution in [2.75, 3.05) is 26.2 Å². The summed E-state index contributed by atoms with van der Waals surface area (Å²) in [6.45, 7) is 8.15. The molecule has 7 rings (SSSR count). The van der Waals surface area contributed by atoms with Gasteiger partial charge in [0.1, 0.15) is 37.1 Å². The zero-order chi connectivity index (χ0) is 34.1. The molecule has 5 nitrogen and oxygen atoms in total. The molecule has 0 amide bonds. The van der Waals surface area contributed by atoms with Gasteiger partial charge in [-0.15, -0.1) is 0 Å². The minimum atomic E-state index is 0.534. The lowest BCUT2D eigenvalue weighted by atomic mass is 10.1. The predicted molar refractivity (Wildman–Crippen MR) is 212 cm³/mol. The summed E-state index contributed by atoms with van der Waals surface area (Å²) in [4.78, 5) is 2.55. The monoisotopic (exact) mass is 776 g/mol. The average Bonchev–Trinajstić information content (AvgIpc) is 3.27. The molecule has 0 aliphatic carbocycles. The number of aryl methyl sites for hydroxylation is 1. The van der Waals surface area contributed by atoms with Crippen LogP contribution in [0.1, 0.15) is 47.9 Å². The van der Waals surface area contributed by atoms with E-state index in [9.17, 15) is 0 Å². The van der Waals surface area contributed by atoms with E-state index in [4.69, 9.17) is 14.2 Å². The first-order valence-corrected chi connectivity index (χ1v) is 18.9. The SMILES string of the molecule is Cc1c(-c2ccc(OCc3ccccc3)cc2)n(Cc2ccc(OCCN3CCCCCC3)cc2)c2ccc(OCc3ccccc3)c(I)c12. The first-order chi connectivity index (χ1) is 24.6. The van der Waals surface area contributed by atoms with E-state index in [0.29, 0.717) is 13.2 Å². The molecule has 0 saturated carbocycles. The second-order valence-electron chi connectivity index (χ2n) is 13.2. The lowest BCUT2D eigenvalue weighted by Gasteiger charge is -2.19. The number of likely N-dealkylation sites (tertiary alicyclic amines) is 1. The Morgan fingerprint density at radius 3 is 1.86 bits per heavy atom. The molecule has 6 heteroatoms. The van der Waals surface area contributed by atoms with Crippen LogP contribution in [0.15, 0.2) is 121 Å². The van der Waals surface area contributed by atoms with Crippen LogP contribution in [0, 0.1) is 10.5 Å². The smallest absolute Gasteiger partial charge is 0.133 e. The van der Waals surface area contributed by atoms with E-state index >= 15 is 0 Å². The molecule has 2 heterocycles. The van der Waals surface area contributed by atoms with Crippen LogP contribution in [-0.4, -0.2) is 35.7 Å². The molecule has 0 spiro atoms. The van der Waals surface area contributed by atoms with Crippen molar-refractivity contribution >= 4 is 33.5 Å². The number of hydrogen-bond acceptors (Lipinski definition) is 4. The molecule has 1 aromatic heterocycles. The maximum absolute atomic E-state index is 6.38. The Labute approximate surface area is 309 Å². The van der Waals surface area contributed by atoms with E-state index in [-0.39, 0.29) is 0 Å². The van der Waals surface area contributed by atoms with Gasteiger partial charge < -0.3 is 18.8 Å². The lowest BCUT2D eigenvalue weighted by molar-refractivity contribution is 0.214. The summed E-state index contributed by atoms with van der Waals surface area (Å²) < 4.78 is 22.3. The Kier molecular flexibility index (Phi) is 11.4. The second-order valence-corrected chi connectivity index (χ2v) is 14.2. The molecule has 1 fully saturated rings. The summed E-state index contributed by atoms with van der Waals surface area (Å²) >= 11 is 2.47. The average molecular weight is 777 g/mol. The molecule has 0 atom stereocenters. The van der Waals surface area contributed by atoms with E-state index in [1.165, 1.54) is 66.5 Å². The van der Waals surface area contributed by atoms with Crippen LogP contribution in [0.2, 0.25) is 0 Å². The van der Waals surface area contributed by atoms with E-state index in [1.807, 2.05) is 24.3 Å². The first-order valence-electron chi connectivity index (χ1n) is 17.8. The summed E-state index contributed by atoms with van der Waals surface area (Å²) in [5, 5.41) is 1.23. The fourth-order valence-corrected chi connectivity index (χ4v) is 7.95. The summed E-state index contributed by atoms with van der Waals surface area (Å²) in [5.74, 6) is 2.69. The highest BCUT2D eigenvalue weighted by Crippen LogP contribution is 2.40. The van der Waals surface area contributed by atoms with Crippen LogP contribution < -0.4 is 14.2 Å². The number of halogens is 1. The van der Waals surface area contributed by atoms with Gasteiger partial charge in [0.15, 0.2) is 0 Å². The van der Waals surface area contributed by atoms with Gasteiger partial charge in [-0.2, -0.15) is 0 Å². The standard InChI is InChI=1S/C44H45IN2O3/c1-33-42-40(24-25-41(43(42)45)50-32-36-14-8-5-9-15-36)47(44(33)37-18-22-39(23-19-37)49-31-35-12-6-4-7-13-35)30-34-16-20-38(21-17-34)48-29-28-46-26-10-2-3-11-27-46/h4-9,12-25H,2-3,10-11,26-32H2,1H3. The summed E-state index contributed by atoms with van der Waals surface area (Å²) in [7, 11) is 0. The third kappa shape index (κ3) is 8.36. The molecule has 0 unspecified atom stereocenters. The highest BCUT2D eigenvalue weighted by molar-refractivity contribution is 14.1. The van der Waals surface area contributed by atoms with Crippen LogP contribution in [0.4, 0.5) is 0 Å². The van der Waals surface area contributed by atoms with E-state index in [1.54, 1.807) is 0 Å². The topological polar surface area (TPSA) is 35.9 Å². The number of ether oxygens (including phenoxy) is 3. The number of nitrogens with zero attached hydrogens (tertiary/aromatic N) is 2. The third-order valence-corrected chi connectivity index (χ3v) is 10.7. The lowest BCUT2D eigenvalue weighted by Crippen LogP contribution is -2.29. The van der Waals surface area contributed by atoms with Crippen LogP contribution in [0.25, 0.3) is 22.2 Å². The minimum Gasteiger partial charge on any atom is -0.492 e. The molecule has 5 aromatic carbocycles. The minimum absolute atomic E-state index is 0.534. The number of aromatic nitrogens is 1. The van der Waals surface area contributed by atoms with Crippen molar-refractivity contribution in [3.05, 3.63) is 147 Å². The van der Waals surface area contributed by atoms with Crippen LogP contribution in [-0.2, 0) is 19.8 Å². The molecule has 1 saturated heterocycles. The fourth-order valence-electron chi connectivity index (χ4n) is 6.93. The zero-order valence-corrected chi connectivity index (χ0v) is 31.0. The van der Waals surface area contributed by atoms with Crippen LogP contribution >= 0.6 is 22.6 Å². The van der Waals surface area contributed by atoms with Gasteiger partial charge in [0.05, 0.1) is 14.8 Å². The van der Waals surface area contributed by atoms with Crippen LogP contribution in [0.3, 0.4) is 0 Å². The van der Waals surface area contributed by atoms with Gasteiger partial charge in [-0.1, -0.05) is 85.6 Å². The second kappa shape index (κ2) is 16.6. The Balaban J connectivity index is 1.14. The van der Waals surface area contributed by atoms with E-state index in [2.05, 4.69) is 136 Å². The van der Waals surface area contributed by atoms with Gasteiger partial charge in [0.25, 0.3) is 0 Å². The Bertz CT molecular complexity index is 1960. The Morgan fingerprint density at radius 2 is 1.20 bits per heavy atom. The molecule has 1 aliphatic rings. The van der Waals surface area contributed by atoms with E-state index < -0.39 is 0 Å². The summed E-state index contributed by atoms with van der Waals surface area (Å²) in [6, 6.07) is 42.1.